The maximum Gasteiger partial charge on any atom is 0.270 e. The smallest absolute Gasteiger partial charge is 0.258 e. The van der Waals surface area contributed by atoms with E-state index < -0.39 is 4.92 Å². The zero-order valence-electron chi connectivity index (χ0n) is 11.1. The number of nitro benzene ring substituents is 1. The van der Waals surface area contributed by atoms with Crippen LogP contribution in [0.3, 0.4) is 0 Å². The molecule has 2 aromatic heterocycles. The van der Waals surface area contributed by atoms with Crippen molar-refractivity contribution < 1.29 is 4.92 Å². The maximum absolute atomic E-state index is 10.9. The summed E-state index contributed by atoms with van der Waals surface area (Å²) in [6.07, 6.45) is 3.33. The van der Waals surface area contributed by atoms with Crippen molar-refractivity contribution in [2.75, 3.05) is 0 Å². The lowest BCUT2D eigenvalue weighted by Crippen LogP contribution is -1.93. The van der Waals surface area contributed by atoms with Gasteiger partial charge < -0.3 is 0 Å². The lowest BCUT2D eigenvalue weighted by molar-refractivity contribution is -0.384. The first-order valence-electron chi connectivity index (χ1n) is 6.32. The molecule has 0 amide bonds. The maximum atomic E-state index is 10.9. The fraction of sp³-hybridized carbons (Fsp3) is 0. The van der Waals surface area contributed by atoms with Gasteiger partial charge in [0.25, 0.3) is 5.69 Å². The molecule has 0 radical (unpaired) electrons. The van der Waals surface area contributed by atoms with E-state index in [9.17, 15) is 10.1 Å². The van der Waals surface area contributed by atoms with Gasteiger partial charge in [0.05, 0.1) is 21.8 Å². The highest BCUT2D eigenvalue weighted by molar-refractivity contribution is 5.92. The summed E-state index contributed by atoms with van der Waals surface area (Å²) in [6, 6.07) is 12.0. The molecule has 0 saturated carbocycles. The van der Waals surface area contributed by atoms with Gasteiger partial charge in [-0.15, -0.1) is 0 Å². The topological polar surface area (TPSA) is 68.9 Å². The van der Waals surface area contributed by atoms with Gasteiger partial charge in [-0.2, -0.15) is 0 Å². The normalized spacial score (nSPS) is 10.5. The van der Waals surface area contributed by atoms with Crippen molar-refractivity contribution in [1.29, 1.82) is 0 Å². The zero-order chi connectivity index (χ0) is 14.8. The fourth-order valence-corrected chi connectivity index (χ4v) is 2.18. The number of rotatable bonds is 3. The standard InChI is InChI=1S/C16H11N3O2/c1-2-13-9-11-6-4-8-17-15(11)16(18-13)12-5-3-7-14(10-12)19(20)21/h2-10H,1H2. The average molecular weight is 277 g/mol. The summed E-state index contributed by atoms with van der Waals surface area (Å²) in [5.74, 6) is 0. The third-order valence-electron chi connectivity index (χ3n) is 3.15. The SMILES string of the molecule is C=Cc1cc2cccnc2c(-c2cccc([N+](=O)[O-])c2)n1. The van der Waals surface area contributed by atoms with Gasteiger partial charge in [0, 0.05) is 29.3 Å². The van der Waals surface area contributed by atoms with Gasteiger partial charge in [0.15, 0.2) is 0 Å². The third-order valence-corrected chi connectivity index (χ3v) is 3.15. The quantitative estimate of drug-likeness (QED) is 0.538. The van der Waals surface area contributed by atoms with Gasteiger partial charge in [0.1, 0.15) is 0 Å². The molecule has 0 fully saturated rings. The molecule has 102 valence electrons. The summed E-state index contributed by atoms with van der Waals surface area (Å²) in [5, 5.41) is 11.8. The molecule has 21 heavy (non-hydrogen) atoms. The molecule has 0 spiro atoms. The molecule has 0 N–H and O–H groups in total. The van der Waals surface area contributed by atoms with E-state index in [-0.39, 0.29) is 5.69 Å². The Morgan fingerprint density at radius 1 is 1.19 bits per heavy atom. The number of nitro groups is 1. The van der Waals surface area contributed by atoms with Crippen LogP contribution in [0, 0.1) is 10.1 Å². The van der Waals surface area contributed by atoms with Crippen molar-refractivity contribution in [3.63, 3.8) is 0 Å². The minimum atomic E-state index is -0.420. The number of hydrogen-bond donors (Lipinski definition) is 0. The number of hydrogen-bond acceptors (Lipinski definition) is 4. The Morgan fingerprint density at radius 2 is 2.05 bits per heavy atom. The predicted molar refractivity (Wildman–Crippen MR) is 81.7 cm³/mol. The van der Waals surface area contributed by atoms with Crippen molar-refractivity contribution in [3.05, 3.63) is 71.0 Å². The number of benzene rings is 1. The third kappa shape index (κ3) is 2.36. The molecule has 0 bridgehead atoms. The number of non-ortho nitro benzene ring substituents is 1. The second-order valence-corrected chi connectivity index (χ2v) is 4.48. The Balaban J connectivity index is 2.30. The van der Waals surface area contributed by atoms with Crippen LogP contribution in [-0.2, 0) is 0 Å². The monoisotopic (exact) mass is 277 g/mol. The van der Waals surface area contributed by atoms with Gasteiger partial charge in [-0.1, -0.05) is 24.8 Å². The Hall–Kier alpha value is -3.08. The Morgan fingerprint density at radius 3 is 2.81 bits per heavy atom. The Labute approximate surface area is 120 Å². The number of aromatic nitrogens is 2. The summed E-state index contributed by atoms with van der Waals surface area (Å²) in [7, 11) is 0. The second kappa shape index (κ2) is 5.13. The van der Waals surface area contributed by atoms with E-state index in [1.165, 1.54) is 12.1 Å². The highest BCUT2D eigenvalue weighted by atomic mass is 16.6. The average Bonchev–Trinajstić information content (AvgIpc) is 2.53. The molecular weight excluding hydrogens is 266 g/mol. The summed E-state index contributed by atoms with van der Waals surface area (Å²) in [5.41, 5.74) is 2.73. The Kier molecular flexibility index (Phi) is 3.16. The van der Waals surface area contributed by atoms with Crippen LogP contribution in [0.1, 0.15) is 5.69 Å². The van der Waals surface area contributed by atoms with E-state index in [1.54, 1.807) is 24.4 Å². The van der Waals surface area contributed by atoms with Gasteiger partial charge in [0.2, 0.25) is 0 Å². The minimum absolute atomic E-state index is 0.0300. The molecule has 0 aliphatic rings. The molecule has 0 saturated heterocycles. The summed E-state index contributed by atoms with van der Waals surface area (Å²) >= 11 is 0. The molecular formula is C16H11N3O2. The van der Waals surface area contributed by atoms with E-state index in [1.807, 2.05) is 18.2 Å². The van der Waals surface area contributed by atoms with Crippen molar-refractivity contribution in [3.8, 4) is 11.3 Å². The minimum Gasteiger partial charge on any atom is -0.258 e. The van der Waals surface area contributed by atoms with Crippen molar-refractivity contribution in [2.45, 2.75) is 0 Å². The van der Waals surface area contributed by atoms with Crippen molar-refractivity contribution >= 4 is 22.7 Å². The zero-order valence-corrected chi connectivity index (χ0v) is 11.1. The van der Waals surface area contributed by atoms with Gasteiger partial charge in [-0.25, -0.2) is 4.98 Å². The highest BCUT2D eigenvalue weighted by Gasteiger charge is 2.12. The predicted octanol–water partition coefficient (Wildman–Crippen LogP) is 3.85. The largest absolute Gasteiger partial charge is 0.270 e. The van der Waals surface area contributed by atoms with Crippen LogP contribution in [0.15, 0.2) is 55.2 Å². The summed E-state index contributed by atoms with van der Waals surface area (Å²) in [4.78, 5) is 19.3. The van der Waals surface area contributed by atoms with Gasteiger partial charge in [-0.05, 0) is 18.2 Å². The number of nitrogens with zero attached hydrogens (tertiary/aromatic N) is 3. The van der Waals surface area contributed by atoms with Crippen LogP contribution in [-0.4, -0.2) is 14.9 Å². The van der Waals surface area contributed by atoms with Crippen LogP contribution in [0.4, 0.5) is 5.69 Å². The van der Waals surface area contributed by atoms with Crippen LogP contribution >= 0.6 is 0 Å². The molecule has 5 heteroatoms. The highest BCUT2D eigenvalue weighted by Crippen LogP contribution is 2.28. The van der Waals surface area contributed by atoms with Gasteiger partial charge in [-0.3, -0.25) is 15.1 Å². The second-order valence-electron chi connectivity index (χ2n) is 4.48. The van der Waals surface area contributed by atoms with Crippen LogP contribution in [0.2, 0.25) is 0 Å². The molecule has 0 unspecified atom stereocenters. The lowest BCUT2D eigenvalue weighted by atomic mass is 10.1. The van der Waals surface area contributed by atoms with E-state index in [0.29, 0.717) is 22.5 Å². The summed E-state index contributed by atoms with van der Waals surface area (Å²) < 4.78 is 0. The molecule has 3 aromatic rings. The fourth-order valence-electron chi connectivity index (χ4n) is 2.18. The molecule has 2 heterocycles. The molecule has 0 atom stereocenters. The van der Waals surface area contributed by atoms with Crippen LogP contribution in [0.5, 0.6) is 0 Å². The molecule has 3 rings (SSSR count). The van der Waals surface area contributed by atoms with Crippen molar-refractivity contribution in [2.24, 2.45) is 0 Å². The van der Waals surface area contributed by atoms with E-state index >= 15 is 0 Å². The van der Waals surface area contributed by atoms with Crippen LogP contribution < -0.4 is 0 Å². The van der Waals surface area contributed by atoms with Crippen molar-refractivity contribution in [1.82, 2.24) is 9.97 Å². The molecule has 0 aliphatic heterocycles. The summed E-state index contributed by atoms with van der Waals surface area (Å²) in [6.45, 7) is 3.73. The number of pyridine rings is 2. The molecule has 5 nitrogen and oxygen atoms in total. The van der Waals surface area contributed by atoms with E-state index in [4.69, 9.17) is 0 Å². The molecule has 1 aromatic carbocycles. The molecule has 0 aliphatic carbocycles. The van der Waals surface area contributed by atoms with E-state index in [2.05, 4.69) is 16.5 Å². The number of fused-ring (bicyclic) bond motifs is 1. The van der Waals surface area contributed by atoms with Gasteiger partial charge >= 0.3 is 0 Å². The Bertz CT molecular complexity index is 859. The first-order chi connectivity index (χ1) is 10.2. The van der Waals surface area contributed by atoms with Crippen LogP contribution in [0.25, 0.3) is 28.2 Å². The first kappa shape index (κ1) is 12.9. The first-order valence-corrected chi connectivity index (χ1v) is 6.32. The van der Waals surface area contributed by atoms with E-state index in [0.717, 1.165) is 5.39 Å². The lowest BCUT2D eigenvalue weighted by Gasteiger charge is -2.07.